The van der Waals surface area contributed by atoms with Crippen LogP contribution >= 0.6 is 28.1 Å². The van der Waals surface area contributed by atoms with Crippen molar-refractivity contribution in [3.05, 3.63) is 28.2 Å². The second-order valence-electron chi connectivity index (χ2n) is 3.91. The lowest BCUT2D eigenvalue weighted by Crippen LogP contribution is -2.32. The maximum Gasteiger partial charge on any atom is 0.106 e. The minimum Gasteiger partial charge on any atom is -0.389 e. The van der Waals surface area contributed by atoms with Crippen LogP contribution in [0.5, 0.6) is 0 Å². The van der Waals surface area contributed by atoms with Gasteiger partial charge in [-0.2, -0.15) is 0 Å². The Morgan fingerprint density at radius 2 is 2.12 bits per heavy atom. The van der Waals surface area contributed by atoms with Crippen molar-refractivity contribution in [3.63, 3.8) is 0 Å². The van der Waals surface area contributed by atoms with Gasteiger partial charge in [0.25, 0.3) is 0 Å². The summed E-state index contributed by atoms with van der Waals surface area (Å²) < 4.78 is 1.04. The number of nitrogens with zero attached hydrogens (tertiary/aromatic N) is 1. The monoisotopic (exact) mass is 300 g/mol. The average Bonchev–Trinajstić information content (AvgIpc) is 2.17. The highest BCUT2D eigenvalue weighted by Crippen LogP contribution is 2.26. The van der Waals surface area contributed by atoms with E-state index in [1.54, 1.807) is 0 Å². The molecule has 0 aliphatic rings. The van der Waals surface area contributed by atoms with Crippen molar-refractivity contribution >= 4 is 38.8 Å². The lowest BCUT2D eigenvalue weighted by molar-refractivity contribution is 0.703. The summed E-state index contributed by atoms with van der Waals surface area (Å²) in [5, 5.41) is 0. The summed E-state index contributed by atoms with van der Waals surface area (Å²) in [5.41, 5.74) is 7.78. The Labute approximate surface area is 111 Å². The molecular formula is C12H17BrN2S. The Morgan fingerprint density at radius 3 is 2.56 bits per heavy atom. The van der Waals surface area contributed by atoms with Crippen molar-refractivity contribution in [2.24, 2.45) is 5.73 Å². The predicted octanol–water partition coefficient (Wildman–Crippen LogP) is 3.32. The first-order valence-corrected chi connectivity index (χ1v) is 6.53. The second-order valence-corrected chi connectivity index (χ2v) is 5.26. The Morgan fingerprint density at radius 1 is 1.50 bits per heavy atom. The van der Waals surface area contributed by atoms with Gasteiger partial charge >= 0.3 is 0 Å². The number of halogens is 1. The van der Waals surface area contributed by atoms with Crippen LogP contribution in [0.3, 0.4) is 0 Å². The minimum absolute atomic E-state index is 0.424. The molecule has 0 aliphatic heterocycles. The van der Waals surface area contributed by atoms with Crippen molar-refractivity contribution < 1.29 is 0 Å². The molecule has 2 N–H and O–H groups in total. The third-order valence-electron chi connectivity index (χ3n) is 2.50. The summed E-state index contributed by atoms with van der Waals surface area (Å²) in [6.45, 7) is 7.38. The lowest BCUT2D eigenvalue weighted by atomic mass is 10.1. The van der Waals surface area contributed by atoms with Crippen LogP contribution in [0.1, 0.15) is 26.3 Å². The van der Waals surface area contributed by atoms with E-state index in [9.17, 15) is 0 Å². The number of benzene rings is 1. The van der Waals surface area contributed by atoms with E-state index in [0.717, 1.165) is 22.3 Å². The molecule has 0 aromatic heterocycles. The zero-order valence-corrected chi connectivity index (χ0v) is 12.2. The second kappa shape index (κ2) is 5.64. The van der Waals surface area contributed by atoms with Gasteiger partial charge in [0.05, 0.1) is 0 Å². The van der Waals surface area contributed by atoms with E-state index in [0.29, 0.717) is 11.0 Å². The van der Waals surface area contributed by atoms with E-state index >= 15 is 0 Å². The van der Waals surface area contributed by atoms with Crippen LogP contribution in [-0.2, 0) is 0 Å². The molecule has 0 radical (unpaired) electrons. The Hall–Kier alpha value is -0.610. The number of thiocarbonyl (C=S) groups is 1. The normalized spacial score (nSPS) is 10.6. The van der Waals surface area contributed by atoms with E-state index in [4.69, 9.17) is 18.0 Å². The number of nitrogens with two attached hydrogens (primary N) is 1. The molecule has 2 nitrogen and oxygen atoms in total. The van der Waals surface area contributed by atoms with E-state index in [-0.39, 0.29) is 0 Å². The van der Waals surface area contributed by atoms with Crippen LogP contribution in [0.2, 0.25) is 0 Å². The molecular weight excluding hydrogens is 284 g/mol. The molecule has 0 spiro atoms. The van der Waals surface area contributed by atoms with E-state index in [1.807, 2.05) is 12.1 Å². The zero-order valence-electron chi connectivity index (χ0n) is 9.83. The first-order valence-electron chi connectivity index (χ1n) is 5.33. The van der Waals surface area contributed by atoms with Crippen molar-refractivity contribution in [3.8, 4) is 0 Å². The highest BCUT2D eigenvalue weighted by atomic mass is 79.9. The van der Waals surface area contributed by atoms with Gasteiger partial charge in [-0.15, -0.1) is 0 Å². The first-order chi connectivity index (χ1) is 7.47. The molecule has 1 rings (SSSR count). The summed E-state index contributed by atoms with van der Waals surface area (Å²) in [6, 6.07) is 6.42. The summed E-state index contributed by atoms with van der Waals surface area (Å²) >= 11 is 8.56. The maximum atomic E-state index is 5.75. The molecule has 0 unspecified atom stereocenters. The quantitative estimate of drug-likeness (QED) is 0.865. The molecule has 88 valence electrons. The van der Waals surface area contributed by atoms with E-state index in [2.05, 4.69) is 47.7 Å². The Balaban J connectivity index is 3.27. The first kappa shape index (κ1) is 13.5. The van der Waals surface area contributed by atoms with Gasteiger partial charge in [-0.1, -0.05) is 28.1 Å². The fraction of sp³-hybridized carbons (Fsp3) is 0.417. The molecule has 0 atom stereocenters. The van der Waals surface area contributed by atoms with Crippen LogP contribution in [-0.4, -0.2) is 17.6 Å². The number of rotatable bonds is 4. The molecule has 0 amide bonds. The number of hydrogen-bond donors (Lipinski definition) is 1. The highest BCUT2D eigenvalue weighted by molar-refractivity contribution is 9.10. The van der Waals surface area contributed by atoms with Gasteiger partial charge < -0.3 is 10.6 Å². The number of anilines is 1. The lowest BCUT2D eigenvalue weighted by Gasteiger charge is -2.29. The summed E-state index contributed by atoms with van der Waals surface area (Å²) in [5.74, 6) is 0. The summed E-state index contributed by atoms with van der Waals surface area (Å²) in [7, 11) is 0. The fourth-order valence-corrected chi connectivity index (χ4v) is 2.29. The van der Waals surface area contributed by atoms with Gasteiger partial charge in [-0.25, -0.2) is 0 Å². The van der Waals surface area contributed by atoms with Crippen molar-refractivity contribution in [2.45, 2.75) is 26.8 Å². The maximum absolute atomic E-state index is 5.75. The molecule has 0 fully saturated rings. The molecule has 1 aromatic rings. The molecule has 16 heavy (non-hydrogen) atoms. The molecule has 0 saturated carbocycles. The molecule has 1 aromatic carbocycles. The van der Waals surface area contributed by atoms with Gasteiger partial charge in [-0.3, -0.25) is 0 Å². The summed E-state index contributed by atoms with van der Waals surface area (Å²) in [4.78, 5) is 2.72. The minimum atomic E-state index is 0.424. The van der Waals surface area contributed by atoms with Crippen LogP contribution in [0.15, 0.2) is 22.7 Å². The van der Waals surface area contributed by atoms with Gasteiger partial charge in [0.15, 0.2) is 0 Å². The largest absolute Gasteiger partial charge is 0.389 e. The third kappa shape index (κ3) is 2.95. The topological polar surface area (TPSA) is 29.3 Å². The molecule has 0 bridgehead atoms. The molecule has 0 saturated heterocycles. The Bertz CT molecular complexity index is 391. The number of hydrogen-bond acceptors (Lipinski definition) is 2. The van der Waals surface area contributed by atoms with E-state index in [1.165, 1.54) is 0 Å². The molecule has 4 heteroatoms. The fourth-order valence-electron chi connectivity index (χ4n) is 1.76. The van der Waals surface area contributed by atoms with Crippen LogP contribution in [0, 0.1) is 0 Å². The SMILES string of the molecule is CCN(c1cc(Br)ccc1C(N)=S)C(C)C. The van der Waals surface area contributed by atoms with Gasteiger partial charge in [-0.05, 0) is 39.0 Å². The van der Waals surface area contributed by atoms with Crippen molar-refractivity contribution in [1.82, 2.24) is 0 Å². The van der Waals surface area contributed by atoms with Crippen LogP contribution < -0.4 is 10.6 Å². The van der Waals surface area contributed by atoms with Crippen LogP contribution in [0.4, 0.5) is 5.69 Å². The predicted molar refractivity (Wildman–Crippen MR) is 78.2 cm³/mol. The van der Waals surface area contributed by atoms with E-state index < -0.39 is 0 Å². The van der Waals surface area contributed by atoms with Gasteiger partial charge in [0.1, 0.15) is 4.99 Å². The van der Waals surface area contributed by atoms with Crippen molar-refractivity contribution in [2.75, 3.05) is 11.4 Å². The summed E-state index contributed by atoms with van der Waals surface area (Å²) in [6.07, 6.45) is 0. The highest BCUT2D eigenvalue weighted by Gasteiger charge is 2.14. The van der Waals surface area contributed by atoms with Crippen LogP contribution in [0.25, 0.3) is 0 Å². The van der Waals surface area contributed by atoms with Gasteiger partial charge in [0, 0.05) is 28.3 Å². The standard InChI is InChI=1S/C12H17BrN2S/c1-4-15(8(2)3)11-7-9(13)5-6-10(11)12(14)16/h5-8H,4H2,1-3H3,(H2,14,16). The van der Waals surface area contributed by atoms with Crippen molar-refractivity contribution in [1.29, 1.82) is 0 Å². The third-order valence-corrected chi connectivity index (χ3v) is 3.21. The smallest absolute Gasteiger partial charge is 0.106 e. The zero-order chi connectivity index (χ0) is 12.3. The Kier molecular flexibility index (Phi) is 4.74. The molecule has 0 heterocycles. The average molecular weight is 301 g/mol. The molecule has 0 aliphatic carbocycles. The van der Waals surface area contributed by atoms with Gasteiger partial charge in [0.2, 0.25) is 0 Å².